The van der Waals surface area contributed by atoms with Gasteiger partial charge in [-0.3, -0.25) is 5.41 Å². The van der Waals surface area contributed by atoms with Gasteiger partial charge in [-0.25, -0.2) is 0 Å². The van der Waals surface area contributed by atoms with E-state index in [9.17, 15) is 0 Å². The summed E-state index contributed by atoms with van der Waals surface area (Å²) in [6, 6.07) is 0.806. The molecule has 30 valence electrons. The summed E-state index contributed by atoms with van der Waals surface area (Å²) >= 11 is 0. The largest absolute Gasteiger partial charge is 0.388 e. The summed E-state index contributed by atoms with van der Waals surface area (Å²) in [6.07, 6.45) is 0. The normalized spacial score (nSPS) is 8.00. The molecule has 0 radical (unpaired) electrons. The molecule has 0 unspecified atom stereocenters. The van der Waals surface area contributed by atoms with Crippen molar-refractivity contribution in [3.63, 3.8) is 0 Å². The van der Waals surface area contributed by atoms with Gasteiger partial charge < -0.3 is 5.73 Å². The molecule has 0 heterocycles. The maximum atomic E-state index is 6.56. The van der Waals surface area contributed by atoms with E-state index in [1.54, 1.807) is 0 Å². The molecule has 0 bridgehead atoms. The van der Waals surface area contributed by atoms with Crippen LogP contribution in [0.5, 0.6) is 0 Å². The highest BCUT2D eigenvalue weighted by atomic mass is 28.1. The molecular weight excluding hydrogens is 80.1 g/mol. The maximum absolute atomic E-state index is 6.56. The molecule has 0 aromatic carbocycles. The van der Waals surface area contributed by atoms with E-state index in [0.717, 1.165) is 16.3 Å². The Bertz CT molecular complexity index is 42.9. The Labute approximate surface area is 34.3 Å². The van der Waals surface area contributed by atoms with Crippen LogP contribution in [-0.2, 0) is 0 Å². The van der Waals surface area contributed by atoms with Crippen LogP contribution in [0.4, 0.5) is 0 Å². The van der Waals surface area contributed by atoms with Gasteiger partial charge in [-0.05, 0) is 6.04 Å². The second kappa shape index (κ2) is 1.96. The lowest BCUT2D eigenvalue weighted by Crippen LogP contribution is -2.06. The highest BCUT2D eigenvalue weighted by Crippen LogP contribution is 1.59. The van der Waals surface area contributed by atoms with Crippen molar-refractivity contribution in [1.29, 1.82) is 5.41 Å². The third-order valence-electron chi connectivity index (χ3n) is 0.381. The number of nitrogens with two attached hydrogens (primary N) is 1. The van der Waals surface area contributed by atoms with E-state index in [-0.39, 0.29) is 0 Å². The van der Waals surface area contributed by atoms with Crippen LogP contribution in [-0.4, -0.2) is 16.1 Å². The first-order valence-electron chi connectivity index (χ1n) is 1.60. The Morgan fingerprint density at radius 2 is 2.20 bits per heavy atom. The van der Waals surface area contributed by atoms with E-state index in [4.69, 9.17) is 11.1 Å². The fourth-order valence-corrected chi connectivity index (χ4v) is 0. The van der Waals surface area contributed by atoms with E-state index in [1.165, 1.54) is 0 Å². The molecule has 3 heteroatoms. The van der Waals surface area contributed by atoms with Gasteiger partial charge in [0.1, 0.15) is 0 Å². The molecule has 0 atom stereocenters. The van der Waals surface area contributed by atoms with Gasteiger partial charge in [-0.15, -0.1) is 0 Å². The molecule has 5 heavy (non-hydrogen) atoms. The first-order valence-corrected chi connectivity index (χ1v) is 3.01. The molecule has 0 rings (SSSR count). The predicted molar refractivity (Wildman–Crippen MR) is 26.7 cm³/mol. The van der Waals surface area contributed by atoms with Gasteiger partial charge in [0.2, 0.25) is 0 Å². The number of hydrogen-bond donors (Lipinski definition) is 2. The Hall–Kier alpha value is -0.313. The average molecular weight is 88.2 g/mol. The summed E-state index contributed by atoms with van der Waals surface area (Å²) in [4.78, 5) is 0. The Balaban J connectivity index is 2.85. The van der Waals surface area contributed by atoms with Crippen molar-refractivity contribution >= 4 is 16.1 Å². The Kier molecular flexibility index (Phi) is 1.84. The summed E-state index contributed by atoms with van der Waals surface area (Å²) in [5.74, 6) is 0.316. The lowest BCUT2D eigenvalue weighted by Gasteiger charge is -1.78. The molecule has 2 nitrogen and oxygen atoms in total. The minimum absolute atomic E-state index is 0.316. The molecule has 0 saturated carbocycles. The number of amidine groups is 1. The average Bonchev–Trinajstić information content (AvgIpc) is 1.38. The van der Waals surface area contributed by atoms with E-state index < -0.39 is 0 Å². The lowest BCUT2D eigenvalue weighted by atomic mass is 10.7. The van der Waals surface area contributed by atoms with E-state index in [2.05, 4.69) is 0 Å². The fraction of sp³-hybridized carbons (Fsp3) is 0.500. The van der Waals surface area contributed by atoms with Crippen LogP contribution < -0.4 is 5.73 Å². The summed E-state index contributed by atoms with van der Waals surface area (Å²) < 4.78 is 0. The summed E-state index contributed by atoms with van der Waals surface area (Å²) in [5, 5.41) is 6.56. The van der Waals surface area contributed by atoms with Crippen LogP contribution in [0.1, 0.15) is 0 Å². The first-order chi connectivity index (χ1) is 2.27. The molecule has 0 aromatic rings. The van der Waals surface area contributed by atoms with Crippen LogP contribution in [0, 0.1) is 5.41 Å². The van der Waals surface area contributed by atoms with Gasteiger partial charge in [-0.2, -0.15) is 0 Å². The molecule has 0 amide bonds. The quantitative estimate of drug-likeness (QED) is 0.234. The highest BCUT2D eigenvalue weighted by Gasteiger charge is 1.71. The number of rotatable bonds is 1. The van der Waals surface area contributed by atoms with Gasteiger partial charge in [-0.1, -0.05) is 0 Å². The maximum Gasteiger partial charge on any atom is 0.0868 e. The zero-order chi connectivity index (χ0) is 4.28. The number of nitrogens with one attached hydrogen (secondary N) is 1. The van der Waals surface area contributed by atoms with Crippen LogP contribution in [0.2, 0.25) is 6.04 Å². The van der Waals surface area contributed by atoms with Crippen molar-refractivity contribution in [3.05, 3.63) is 0 Å². The molecule has 0 aromatic heterocycles. The molecule has 0 fully saturated rings. The molecule has 0 saturated heterocycles. The summed E-state index contributed by atoms with van der Waals surface area (Å²) in [6.45, 7) is 0. The molecular formula is C2H8N2Si. The summed E-state index contributed by atoms with van der Waals surface area (Å²) in [5.41, 5.74) is 4.91. The van der Waals surface area contributed by atoms with Crippen molar-refractivity contribution in [2.75, 3.05) is 0 Å². The first kappa shape index (κ1) is 4.69. The van der Waals surface area contributed by atoms with Crippen molar-refractivity contribution in [2.45, 2.75) is 6.04 Å². The smallest absolute Gasteiger partial charge is 0.0868 e. The van der Waals surface area contributed by atoms with Crippen molar-refractivity contribution in [1.82, 2.24) is 0 Å². The second-order valence-corrected chi connectivity index (χ2v) is 1.59. The van der Waals surface area contributed by atoms with E-state index in [0.29, 0.717) is 5.84 Å². The Morgan fingerprint density at radius 3 is 2.20 bits per heavy atom. The van der Waals surface area contributed by atoms with Crippen LogP contribution in [0.15, 0.2) is 0 Å². The molecule has 3 N–H and O–H groups in total. The minimum Gasteiger partial charge on any atom is -0.388 e. The zero-order valence-electron chi connectivity index (χ0n) is 3.28. The fourth-order valence-electron chi connectivity index (χ4n) is 0. The second-order valence-electron chi connectivity index (χ2n) is 0.879. The zero-order valence-corrected chi connectivity index (χ0v) is 5.28. The lowest BCUT2D eigenvalue weighted by molar-refractivity contribution is 1.42. The molecule has 0 aliphatic carbocycles. The molecule has 0 aliphatic rings. The van der Waals surface area contributed by atoms with Gasteiger partial charge in [0, 0.05) is 10.2 Å². The minimum atomic E-state index is 0.316. The topological polar surface area (TPSA) is 49.9 Å². The van der Waals surface area contributed by atoms with Crippen molar-refractivity contribution < 1.29 is 0 Å². The van der Waals surface area contributed by atoms with E-state index >= 15 is 0 Å². The van der Waals surface area contributed by atoms with Crippen molar-refractivity contribution in [2.24, 2.45) is 5.73 Å². The van der Waals surface area contributed by atoms with Crippen LogP contribution in [0.25, 0.3) is 0 Å². The van der Waals surface area contributed by atoms with Crippen LogP contribution in [0.3, 0.4) is 0 Å². The van der Waals surface area contributed by atoms with Gasteiger partial charge >= 0.3 is 0 Å². The monoisotopic (exact) mass is 88.0 g/mol. The number of hydrogen-bond acceptors (Lipinski definition) is 1. The highest BCUT2D eigenvalue weighted by molar-refractivity contribution is 6.19. The standard InChI is InChI=1S/C2H8N2Si/c3-2(4)1-5/h1H2,5H3,(H3,3,4). The molecule has 0 spiro atoms. The van der Waals surface area contributed by atoms with Gasteiger partial charge in [0.15, 0.2) is 0 Å². The SMILES string of the molecule is N=C(N)C[SiH3]. The Morgan fingerprint density at radius 1 is 2.00 bits per heavy atom. The third kappa shape index (κ3) is 3.69. The molecule has 0 aliphatic heterocycles. The van der Waals surface area contributed by atoms with Gasteiger partial charge in [0.05, 0.1) is 5.84 Å². The van der Waals surface area contributed by atoms with Gasteiger partial charge in [0.25, 0.3) is 0 Å². The van der Waals surface area contributed by atoms with Crippen molar-refractivity contribution in [3.8, 4) is 0 Å². The third-order valence-corrected chi connectivity index (χ3v) is 1.14. The van der Waals surface area contributed by atoms with Crippen LogP contribution >= 0.6 is 0 Å². The predicted octanol–water partition coefficient (Wildman–Crippen LogP) is -1.29. The van der Waals surface area contributed by atoms with E-state index in [1.807, 2.05) is 0 Å². The summed E-state index contributed by atoms with van der Waals surface area (Å²) in [7, 11) is 1.02.